The SMILES string of the molecule is CCCCCOc1cc(N2CC3(CNC3)CN(Cc3cc(F)ccc3OC)C2=O)ccc1OC. The average molecular weight is 472 g/mol. The van der Waals surface area contributed by atoms with Crippen molar-refractivity contribution in [2.75, 3.05) is 51.9 Å². The topological polar surface area (TPSA) is 63.3 Å². The Morgan fingerprint density at radius 1 is 1.00 bits per heavy atom. The van der Waals surface area contributed by atoms with E-state index in [2.05, 4.69) is 12.2 Å². The van der Waals surface area contributed by atoms with Gasteiger partial charge in [-0.1, -0.05) is 19.8 Å². The summed E-state index contributed by atoms with van der Waals surface area (Å²) in [7, 11) is 3.17. The molecule has 0 radical (unpaired) electrons. The van der Waals surface area contributed by atoms with Crippen LogP contribution in [-0.2, 0) is 6.54 Å². The molecular weight excluding hydrogens is 437 g/mol. The van der Waals surface area contributed by atoms with E-state index in [1.54, 1.807) is 30.1 Å². The first kappa shape index (κ1) is 24.1. The Morgan fingerprint density at radius 2 is 1.76 bits per heavy atom. The highest BCUT2D eigenvalue weighted by atomic mass is 19.1. The summed E-state index contributed by atoms with van der Waals surface area (Å²) in [5.41, 5.74) is 1.35. The molecule has 8 heteroatoms. The van der Waals surface area contributed by atoms with E-state index in [1.807, 2.05) is 18.2 Å². The van der Waals surface area contributed by atoms with Crippen LogP contribution in [0.5, 0.6) is 17.2 Å². The molecule has 1 N–H and O–H groups in total. The number of ether oxygens (including phenoxy) is 3. The lowest BCUT2D eigenvalue weighted by Gasteiger charge is -2.52. The first-order valence-electron chi connectivity index (χ1n) is 11.9. The maximum Gasteiger partial charge on any atom is 0.324 e. The van der Waals surface area contributed by atoms with E-state index in [0.717, 1.165) is 38.0 Å². The van der Waals surface area contributed by atoms with Crippen molar-refractivity contribution in [3.8, 4) is 17.2 Å². The minimum Gasteiger partial charge on any atom is -0.496 e. The van der Waals surface area contributed by atoms with Gasteiger partial charge in [-0.3, -0.25) is 4.90 Å². The predicted octanol–water partition coefficient (Wildman–Crippen LogP) is 4.44. The number of hydrogen-bond acceptors (Lipinski definition) is 5. The van der Waals surface area contributed by atoms with Gasteiger partial charge in [-0.15, -0.1) is 0 Å². The second-order valence-corrected chi connectivity index (χ2v) is 9.18. The first-order valence-corrected chi connectivity index (χ1v) is 11.9. The summed E-state index contributed by atoms with van der Waals surface area (Å²) in [5, 5.41) is 3.35. The van der Waals surface area contributed by atoms with E-state index in [-0.39, 0.29) is 23.8 Å². The van der Waals surface area contributed by atoms with Gasteiger partial charge in [0.15, 0.2) is 11.5 Å². The van der Waals surface area contributed by atoms with E-state index < -0.39 is 0 Å². The van der Waals surface area contributed by atoms with Gasteiger partial charge in [0.05, 0.1) is 27.4 Å². The van der Waals surface area contributed by atoms with Crippen molar-refractivity contribution in [2.24, 2.45) is 5.41 Å². The van der Waals surface area contributed by atoms with Crippen LogP contribution in [0.4, 0.5) is 14.9 Å². The Labute approximate surface area is 200 Å². The molecule has 1 spiro atoms. The molecule has 0 saturated carbocycles. The van der Waals surface area contributed by atoms with Crippen molar-refractivity contribution in [3.63, 3.8) is 0 Å². The fraction of sp³-hybridized carbons (Fsp3) is 0.500. The van der Waals surface area contributed by atoms with Crippen molar-refractivity contribution in [1.82, 2.24) is 10.2 Å². The molecule has 0 aromatic heterocycles. The zero-order valence-corrected chi connectivity index (χ0v) is 20.2. The molecule has 184 valence electrons. The maximum atomic E-state index is 14.0. The van der Waals surface area contributed by atoms with Gasteiger partial charge < -0.3 is 24.4 Å². The fourth-order valence-electron chi connectivity index (χ4n) is 4.68. The molecule has 2 aromatic rings. The molecule has 2 aliphatic heterocycles. The van der Waals surface area contributed by atoms with E-state index >= 15 is 0 Å². The van der Waals surface area contributed by atoms with Gasteiger partial charge in [0.2, 0.25) is 0 Å². The van der Waals surface area contributed by atoms with Crippen LogP contribution in [0.3, 0.4) is 0 Å². The highest BCUT2D eigenvalue weighted by Crippen LogP contribution is 2.38. The number of anilines is 1. The summed E-state index contributed by atoms with van der Waals surface area (Å²) < 4.78 is 30.9. The Hall–Kier alpha value is -3.00. The number of methoxy groups -OCH3 is 2. The fourth-order valence-corrected chi connectivity index (χ4v) is 4.68. The van der Waals surface area contributed by atoms with Gasteiger partial charge in [0.25, 0.3) is 0 Å². The minimum atomic E-state index is -0.350. The average Bonchev–Trinajstić information content (AvgIpc) is 2.82. The van der Waals surface area contributed by atoms with Gasteiger partial charge in [-0.2, -0.15) is 0 Å². The van der Waals surface area contributed by atoms with Crippen LogP contribution >= 0.6 is 0 Å². The molecule has 0 unspecified atom stereocenters. The number of unbranched alkanes of at least 4 members (excludes halogenated alkanes) is 2. The third-order valence-electron chi connectivity index (χ3n) is 6.59. The van der Waals surface area contributed by atoms with E-state index in [0.29, 0.717) is 42.5 Å². The van der Waals surface area contributed by atoms with Crippen molar-refractivity contribution >= 4 is 11.7 Å². The highest BCUT2D eigenvalue weighted by molar-refractivity contribution is 5.93. The quantitative estimate of drug-likeness (QED) is 0.519. The Bertz CT molecular complexity index is 1010. The minimum absolute atomic E-state index is 0.0590. The maximum absolute atomic E-state index is 14.0. The summed E-state index contributed by atoms with van der Waals surface area (Å²) in [5.74, 6) is 1.50. The molecule has 2 aromatic carbocycles. The number of halogens is 1. The molecule has 0 atom stereocenters. The molecule has 0 aliphatic carbocycles. The van der Waals surface area contributed by atoms with Crippen LogP contribution in [0.2, 0.25) is 0 Å². The van der Waals surface area contributed by atoms with Crippen molar-refractivity contribution in [2.45, 2.75) is 32.7 Å². The summed E-state index contributed by atoms with van der Waals surface area (Å²) in [6.07, 6.45) is 3.18. The summed E-state index contributed by atoms with van der Waals surface area (Å²) >= 11 is 0. The highest BCUT2D eigenvalue weighted by Gasteiger charge is 2.47. The van der Waals surface area contributed by atoms with Gasteiger partial charge in [-0.05, 0) is 36.8 Å². The van der Waals surface area contributed by atoms with Gasteiger partial charge in [0.1, 0.15) is 11.6 Å². The standard InChI is InChI=1S/C26H34FN3O4/c1-4-5-6-11-34-24-13-21(8-10-23(24)33-3)30-18-26(15-28-16-26)17-29(25(30)31)14-19-12-20(27)7-9-22(19)32-2/h7-10,12-13,28H,4-6,11,14-18H2,1-3H3. The van der Waals surface area contributed by atoms with E-state index in [9.17, 15) is 9.18 Å². The molecule has 7 nitrogen and oxygen atoms in total. The second-order valence-electron chi connectivity index (χ2n) is 9.18. The lowest BCUT2D eigenvalue weighted by Crippen LogP contribution is -2.69. The van der Waals surface area contributed by atoms with Crippen LogP contribution in [0.1, 0.15) is 31.7 Å². The number of urea groups is 1. The molecule has 2 amide bonds. The zero-order chi connectivity index (χ0) is 24.1. The normalized spacial score (nSPS) is 17.0. The van der Waals surface area contributed by atoms with Gasteiger partial charge in [0, 0.05) is 48.9 Å². The van der Waals surface area contributed by atoms with Crippen LogP contribution in [0.15, 0.2) is 36.4 Å². The van der Waals surface area contributed by atoms with Gasteiger partial charge >= 0.3 is 6.03 Å². The lowest BCUT2D eigenvalue weighted by molar-refractivity contribution is 0.0837. The number of benzene rings is 2. The predicted molar refractivity (Wildman–Crippen MR) is 129 cm³/mol. The molecule has 2 aliphatic rings. The number of amides is 2. The number of rotatable bonds is 10. The monoisotopic (exact) mass is 471 g/mol. The summed E-state index contributed by atoms with van der Waals surface area (Å²) in [6.45, 7) is 5.88. The molecule has 2 heterocycles. The zero-order valence-electron chi connectivity index (χ0n) is 20.2. The molecular formula is C26H34FN3O4. The van der Waals surface area contributed by atoms with Crippen molar-refractivity contribution in [1.29, 1.82) is 0 Å². The van der Waals surface area contributed by atoms with E-state index in [1.165, 1.54) is 12.1 Å². The second kappa shape index (κ2) is 10.5. The molecule has 2 fully saturated rings. The van der Waals surface area contributed by atoms with E-state index in [4.69, 9.17) is 14.2 Å². The third kappa shape index (κ3) is 5.06. The van der Waals surface area contributed by atoms with Crippen LogP contribution in [-0.4, -0.2) is 57.9 Å². The molecule has 34 heavy (non-hydrogen) atoms. The van der Waals surface area contributed by atoms with Crippen LogP contribution in [0, 0.1) is 11.2 Å². The summed E-state index contributed by atoms with van der Waals surface area (Å²) in [6, 6.07) is 9.90. The summed E-state index contributed by atoms with van der Waals surface area (Å²) in [4.78, 5) is 17.2. The largest absolute Gasteiger partial charge is 0.496 e. The van der Waals surface area contributed by atoms with Crippen molar-refractivity contribution in [3.05, 3.63) is 47.8 Å². The Morgan fingerprint density at radius 3 is 2.44 bits per heavy atom. The number of nitrogens with zero attached hydrogens (tertiary/aromatic N) is 2. The Balaban J connectivity index is 1.60. The molecule has 2 saturated heterocycles. The third-order valence-corrected chi connectivity index (χ3v) is 6.59. The van der Waals surface area contributed by atoms with Crippen molar-refractivity contribution < 1.29 is 23.4 Å². The first-order chi connectivity index (χ1) is 16.5. The van der Waals surface area contributed by atoms with Crippen LogP contribution in [0.25, 0.3) is 0 Å². The number of hydrogen-bond donors (Lipinski definition) is 1. The van der Waals surface area contributed by atoms with Crippen LogP contribution < -0.4 is 24.4 Å². The number of nitrogens with one attached hydrogen (secondary N) is 1. The van der Waals surface area contributed by atoms with Gasteiger partial charge in [-0.25, -0.2) is 9.18 Å². The number of carbonyl (C=O) groups excluding carboxylic acids is 1. The molecule has 0 bridgehead atoms. The lowest BCUT2D eigenvalue weighted by atomic mass is 9.79. The smallest absolute Gasteiger partial charge is 0.324 e. The number of carbonyl (C=O) groups is 1. The molecule has 4 rings (SSSR count). The Kier molecular flexibility index (Phi) is 7.46.